The third kappa shape index (κ3) is 1.14. The van der Waals surface area contributed by atoms with Crippen molar-refractivity contribution in [2.45, 2.75) is 37.8 Å². The average molecular weight is 238 g/mol. The first-order valence-electron chi connectivity index (χ1n) is 5.78. The molecule has 0 aromatic heterocycles. The third-order valence-electron chi connectivity index (χ3n) is 4.88. The van der Waals surface area contributed by atoms with Crippen LogP contribution < -0.4 is 0 Å². The second-order valence-corrected chi connectivity index (χ2v) is 5.55. The van der Waals surface area contributed by atoms with Gasteiger partial charge in [0.05, 0.1) is 0 Å². The fraction of sp³-hybridized carbons (Fsp3) is 1.00. The Morgan fingerprint density at radius 2 is 1.06 bits per heavy atom. The lowest BCUT2D eigenvalue weighted by Gasteiger charge is -2.59. The Labute approximate surface area is 90.9 Å². The maximum atomic E-state index is 13.0. The maximum absolute atomic E-state index is 13.0. The van der Waals surface area contributed by atoms with Crippen LogP contribution in [0.3, 0.4) is 0 Å². The molecular formula is C10H14F4N2. The van der Waals surface area contributed by atoms with E-state index in [2.05, 4.69) is 0 Å². The molecule has 0 aromatic carbocycles. The number of halogens is 4. The van der Waals surface area contributed by atoms with Crippen LogP contribution in [0, 0.1) is 23.7 Å². The molecule has 2 nitrogen and oxygen atoms in total. The minimum Gasteiger partial charge on any atom is -0.0993 e. The average Bonchev–Trinajstić information content (AvgIpc) is 2.14. The van der Waals surface area contributed by atoms with Gasteiger partial charge in [-0.05, 0) is 43.9 Å². The summed E-state index contributed by atoms with van der Waals surface area (Å²) in [7, 11) is 0. The lowest BCUT2D eigenvalue weighted by Crippen LogP contribution is -2.67. The van der Waals surface area contributed by atoms with Crippen molar-refractivity contribution < 1.29 is 17.9 Å². The van der Waals surface area contributed by atoms with E-state index in [0.717, 1.165) is 6.42 Å². The van der Waals surface area contributed by atoms with Crippen molar-refractivity contribution in [3.63, 3.8) is 0 Å². The van der Waals surface area contributed by atoms with Crippen molar-refractivity contribution in [2.75, 3.05) is 0 Å². The summed E-state index contributed by atoms with van der Waals surface area (Å²) in [5.41, 5.74) is -2.30. The largest absolute Gasteiger partial charge is 0.201 e. The Morgan fingerprint density at radius 1 is 0.688 bits per heavy atom. The minimum atomic E-state index is -2.30. The molecule has 4 saturated carbocycles. The summed E-state index contributed by atoms with van der Waals surface area (Å²) in [5, 5.41) is -2.44. The van der Waals surface area contributed by atoms with Crippen LogP contribution in [-0.4, -0.2) is 16.4 Å². The molecule has 0 saturated heterocycles. The van der Waals surface area contributed by atoms with E-state index in [1.165, 1.54) is 0 Å². The predicted molar refractivity (Wildman–Crippen MR) is 47.9 cm³/mol. The minimum absolute atomic E-state index is 0.399. The van der Waals surface area contributed by atoms with Gasteiger partial charge in [-0.1, -0.05) is 17.9 Å². The molecule has 0 N–H and O–H groups in total. The summed E-state index contributed by atoms with van der Waals surface area (Å²) in [6, 6.07) is 0. The Morgan fingerprint density at radius 3 is 1.38 bits per heavy atom. The number of rotatable bonds is 2. The molecule has 0 atom stereocenters. The molecule has 4 aliphatic rings. The fourth-order valence-electron chi connectivity index (χ4n) is 4.49. The lowest BCUT2D eigenvalue weighted by molar-refractivity contribution is -0.424. The second-order valence-electron chi connectivity index (χ2n) is 5.55. The van der Waals surface area contributed by atoms with E-state index in [1.807, 2.05) is 0 Å². The molecule has 4 bridgehead atoms. The standard InChI is InChI=1S/C10H14F4N2/c11-15(12)10(16(13)14)8-2-6-1-7(4-8)5-9(10)3-6/h6-9H,1-5H2. The summed E-state index contributed by atoms with van der Waals surface area (Å²) in [4.78, 5) is 0. The molecule has 0 spiro atoms. The Kier molecular flexibility index (Phi) is 2.24. The van der Waals surface area contributed by atoms with Gasteiger partial charge in [-0.15, -0.1) is 0 Å². The van der Waals surface area contributed by atoms with Gasteiger partial charge < -0.3 is 0 Å². The molecule has 4 rings (SSSR count). The zero-order valence-electron chi connectivity index (χ0n) is 8.75. The first kappa shape index (κ1) is 10.8. The molecule has 0 heterocycles. The van der Waals surface area contributed by atoms with Crippen molar-refractivity contribution in [2.24, 2.45) is 23.7 Å². The van der Waals surface area contributed by atoms with Crippen LogP contribution in [0.2, 0.25) is 0 Å². The van der Waals surface area contributed by atoms with Crippen molar-refractivity contribution in [1.29, 1.82) is 0 Å². The van der Waals surface area contributed by atoms with Crippen molar-refractivity contribution in [1.82, 2.24) is 10.7 Å². The van der Waals surface area contributed by atoms with Crippen LogP contribution in [0.5, 0.6) is 0 Å². The number of nitrogens with zero attached hydrogens (tertiary/aromatic N) is 2. The maximum Gasteiger partial charge on any atom is 0.201 e. The molecule has 6 heteroatoms. The highest BCUT2D eigenvalue weighted by atomic mass is 19.4. The summed E-state index contributed by atoms with van der Waals surface area (Å²) in [6.07, 6.45) is 3.17. The van der Waals surface area contributed by atoms with Gasteiger partial charge in [-0.25, -0.2) is 0 Å². The quantitative estimate of drug-likeness (QED) is 0.414. The molecule has 0 aromatic rings. The molecule has 4 fully saturated rings. The highest BCUT2D eigenvalue weighted by Gasteiger charge is 2.66. The first-order valence-corrected chi connectivity index (χ1v) is 5.78. The number of hydrogen-bond acceptors (Lipinski definition) is 2. The van der Waals surface area contributed by atoms with E-state index in [4.69, 9.17) is 0 Å². The van der Waals surface area contributed by atoms with E-state index >= 15 is 0 Å². The zero-order chi connectivity index (χ0) is 11.5. The first-order chi connectivity index (χ1) is 7.55. The molecular weight excluding hydrogens is 224 g/mol. The van der Waals surface area contributed by atoms with Gasteiger partial charge in [0.1, 0.15) is 0 Å². The van der Waals surface area contributed by atoms with Crippen LogP contribution in [0.1, 0.15) is 32.1 Å². The Balaban J connectivity index is 2.00. The van der Waals surface area contributed by atoms with Crippen LogP contribution in [0.25, 0.3) is 0 Å². The molecule has 16 heavy (non-hydrogen) atoms. The summed E-state index contributed by atoms with van der Waals surface area (Å²) < 4.78 is 52.0. The van der Waals surface area contributed by atoms with E-state index < -0.39 is 28.2 Å². The number of hydrogen-bond donors (Lipinski definition) is 0. The van der Waals surface area contributed by atoms with E-state index in [0.29, 0.717) is 37.5 Å². The normalized spacial score (nSPS) is 44.6. The van der Waals surface area contributed by atoms with E-state index in [-0.39, 0.29) is 0 Å². The van der Waals surface area contributed by atoms with Crippen LogP contribution in [0.4, 0.5) is 17.9 Å². The van der Waals surface area contributed by atoms with Crippen LogP contribution in [-0.2, 0) is 0 Å². The van der Waals surface area contributed by atoms with E-state index in [1.54, 1.807) is 0 Å². The van der Waals surface area contributed by atoms with Gasteiger partial charge in [0, 0.05) is 22.5 Å². The summed E-state index contributed by atoms with van der Waals surface area (Å²) >= 11 is 0. The molecule has 0 unspecified atom stereocenters. The van der Waals surface area contributed by atoms with Gasteiger partial charge in [-0.3, -0.25) is 0 Å². The zero-order valence-corrected chi connectivity index (χ0v) is 8.75. The topological polar surface area (TPSA) is 6.48 Å². The highest BCUT2D eigenvalue weighted by Crippen LogP contribution is 2.61. The molecule has 92 valence electrons. The summed E-state index contributed by atoms with van der Waals surface area (Å²) in [6.45, 7) is 0. The van der Waals surface area contributed by atoms with Gasteiger partial charge in [0.25, 0.3) is 0 Å². The van der Waals surface area contributed by atoms with Crippen molar-refractivity contribution in [3.05, 3.63) is 0 Å². The van der Waals surface area contributed by atoms with Crippen molar-refractivity contribution >= 4 is 0 Å². The van der Waals surface area contributed by atoms with Gasteiger partial charge in [0.2, 0.25) is 5.66 Å². The Hall–Kier alpha value is -0.360. The predicted octanol–water partition coefficient (Wildman–Crippen LogP) is 3.28. The van der Waals surface area contributed by atoms with Gasteiger partial charge in [0.15, 0.2) is 0 Å². The van der Waals surface area contributed by atoms with Crippen LogP contribution >= 0.6 is 0 Å². The smallest absolute Gasteiger partial charge is 0.0993 e. The third-order valence-corrected chi connectivity index (χ3v) is 4.88. The lowest BCUT2D eigenvalue weighted by atomic mass is 9.51. The SMILES string of the molecule is FN(F)C1(N(F)F)C2CC3CC(C2)CC1C3. The van der Waals surface area contributed by atoms with Gasteiger partial charge in [-0.2, -0.15) is 0 Å². The molecule has 0 amide bonds. The van der Waals surface area contributed by atoms with E-state index in [9.17, 15) is 17.9 Å². The second kappa shape index (κ2) is 3.32. The summed E-state index contributed by atoms with van der Waals surface area (Å²) in [5.74, 6) is -0.353. The monoisotopic (exact) mass is 238 g/mol. The van der Waals surface area contributed by atoms with Crippen LogP contribution in [0.15, 0.2) is 0 Å². The van der Waals surface area contributed by atoms with Gasteiger partial charge >= 0.3 is 0 Å². The fourth-order valence-corrected chi connectivity index (χ4v) is 4.49. The highest BCUT2D eigenvalue weighted by molar-refractivity contribution is 5.06. The molecule has 0 radical (unpaired) electrons. The molecule has 4 aliphatic carbocycles. The van der Waals surface area contributed by atoms with Crippen molar-refractivity contribution in [3.8, 4) is 0 Å². The molecule has 0 aliphatic heterocycles. The Bertz CT molecular complexity index is 257.